The van der Waals surface area contributed by atoms with Gasteiger partial charge in [-0.1, -0.05) is 24.3 Å². The number of rotatable bonds is 7. The lowest BCUT2D eigenvalue weighted by atomic mass is 9.93. The maximum Gasteiger partial charge on any atom is 0.244 e. The zero-order chi connectivity index (χ0) is 25.1. The van der Waals surface area contributed by atoms with Gasteiger partial charge in [0, 0.05) is 44.6 Å². The van der Waals surface area contributed by atoms with Crippen LogP contribution >= 0.6 is 0 Å². The van der Waals surface area contributed by atoms with Crippen molar-refractivity contribution in [1.82, 2.24) is 14.2 Å². The van der Waals surface area contributed by atoms with Gasteiger partial charge in [0.15, 0.2) is 0 Å². The van der Waals surface area contributed by atoms with Gasteiger partial charge in [0.05, 0.1) is 12.6 Å². The highest BCUT2D eigenvalue weighted by Gasteiger charge is 2.32. The SMILES string of the molecule is CC(Oc1coc(CN2CCc3ccccc3C2)cc1=O)C1CCN(S(=O)(=O)c2cccnc2)CC1. The van der Waals surface area contributed by atoms with Crippen molar-refractivity contribution < 1.29 is 17.6 Å². The third kappa shape index (κ3) is 5.38. The molecule has 9 heteroatoms. The van der Waals surface area contributed by atoms with Crippen LogP contribution in [0.1, 0.15) is 36.7 Å². The largest absolute Gasteiger partial charge is 0.483 e. The summed E-state index contributed by atoms with van der Waals surface area (Å²) < 4.78 is 38.9. The lowest BCUT2D eigenvalue weighted by Gasteiger charge is -2.34. The molecule has 4 heterocycles. The van der Waals surface area contributed by atoms with Crippen molar-refractivity contribution in [2.24, 2.45) is 5.92 Å². The summed E-state index contributed by atoms with van der Waals surface area (Å²) >= 11 is 0. The normalized spacial score (nSPS) is 18.5. The Kier molecular flexibility index (Phi) is 7.22. The lowest BCUT2D eigenvalue weighted by Crippen LogP contribution is -2.42. The van der Waals surface area contributed by atoms with E-state index in [-0.39, 0.29) is 28.1 Å². The fraction of sp³-hybridized carbons (Fsp3) is 0.407. The minimum atomic E-state index is -3.55. The van der Waals surface area contributed by atoms with E-state index >= 15 is 0 Å². The van der Waals surface area contributed by atoms with Crippen molar-refractivity contribution in [2.45, 2.75) is 50.3 Å². The molecule has 5 rings (SSSR count). The number of piperidine rings is 1. The molecular formula is C27H31N3O5S. The fourth-order valence-corrected chi connectivity index (χ4v) is 6.48. The van der Waals surface area contributed by atoms with Crippen LogP contribution < -0.4 is 10.2 Å². The molecule has 0 radical (unpaired) electrons. The van der Waals surface area contributed by atoms with E-state index in [2.05, 4.69) is 34.1 Å². The van der Waals surface area contributed by atoms with Crippen molar-refractivity contribution in [3.63, 3.8) is 0 Å². The number of nitrogens with zero attached hydrogens (tertiary/aromatic N) is 3. The van der Waals surface area contributed by atoms with E-state index < -0.39 is 10.0 Å². The van der Waals surface area contributed by atoms with Crippen molar-refractivity contribution >= 4 is 10.0 Å². The molecule has 3 aromatic rings. The Hall–Kier alpha value is -3.01. The maximum atomic E-state index is 12.8. The Morgan fingerprint density at radius 3 is 2.61 bits per heavy atom. The van der Waals surface area contributed by atoms with E-state index in [1.807, 2.05) is 6.92 Å². The Bertz CT molecular complexity index is 1350. The van der Waals surface area contributed by atoms with Gasteiger partial charge in [-0.2, -0.15) is 4.31 Å². The Morgan fingerprint density at radius 2 is 1.89 bits per heavy atom. The van der Waals surface area contributed by atoms with Crippen LogP contribution in [0.25, 0.3) is 0 Å². The van der Waals surface area contributed by atoms with Gasteiger partial charge in [0.25, 0.3) is 0 Å². The lowest BCUT2D eigenvalue weighted by molar-refractivity contribution is 0.107. The second-order valence-corrected chi connectivity index (χ2v) is 11.5. The minimum absolute atomic E-state index is 0.137. The molecule has 1 atom stereocenters. The average Bonchev–Trinajstić information content (AvgIpc) is 2.90. The molecule has 0 amide bonds. The van der Waals surface area contributed by atoms with Gasteiger partial charge < -0.3 is 9.15 Å². The Balaban J connectivity index is 1.16. The summed E-state index contributed by atoms with van der Waals surface area (Å²) in [6.45, 7) is 5.07. The van der Waals surface area contributed by atoms with Crippen LogP contribution in [0.4, 0.5) is 0 Å². The standard InChI is InChI=1S/C27H31N3O5S/c1-20(21-9-13-30(14-10-21)36(32,33)25-7-4-11-28-16-25)35-27-19-34-24(15-26(27)31)18-29-12-8-22-5-2-3-6-23(22)17-29/h2-7,11,15-16,19-21H,8-10,12-14,17-18H2,1H3. The number of hydrogen-bond acceptors (Lipinski definition) is 7. The smallest absolute Gasteiger partial charge is 0.244 e. The van der Waals surface area contributed by atoms with Crippen molar-refractivity contribution in [3.05, 3.63) is 88.2 Å². The monoisotopic (exact) mass is 509 g/mol. The first-order valence-corrected chi connectivity index (χ1v) is 13.8. The second kappa shape index (κ2) is 10.5. The number of ether oxygens (including phenoxy) is 1. The first kappa shape index (κ1) is 24.7. The quantitative estimate of drug-likeness (QED) is 0.482. The summed E-state index contributed by atoms with van der Waals surface area (Å²) in [5.41, 5.74) is 2.50. The molecule has 0 bridgehead atoms. The zero-order valence-corrected chi connectivity index (χ0v) is 21.2. The molecule has 36 heavy (non-hydrogen) atoms. The molecule has 8 nitrogen and oxygen atoms in total. The van der Waals surface area contributed by atoms with E-state index in [9.17, 15) is 13.2 Å². The van der Waals surface area contributed by atoms with Crippen LogP contribution in [-0.2, 0) is 29.5 Å². The molecule has 2 aliphatic rings. The molecule has 0 aliphatic carbocycles. The summed E-state index contributed by atoms with van der Waals surface area (Å²) in [7, 11) is -3.55. The molecule has 1 saturated heterocycles. The van der Waals surface area contributed by atoms with Crippen LogP contribution in [0, 0.1) is 5.92 Å². The maximum absolute atomic E-state index is 12.8. The summed E-state index contributed by atoms with van der Waals surface area (Å²) in [5, 5.41) is 0. The number of pyridine rings is 1. The highest BCUT2D eigenvalue weighted by Crippen LogP contribution is 2.27. The third-order valence-electron chi connectivity index (χ3n) is 7.19. The van der Waals surface area contributed by atoms with Gasteiger partial charge in [0.1, 0.15) is 16.9 Å². The van der Waals surface area contributed by atoms with Gasteiger partial charge in [-0.05, 0) is 55.4 Å². The summed E-state index contributed by atoms with van der Waals surface area (Å²) in [6, 6.07) is 13.1. The molecule has 0 spiro atoms. The molecule has 2 aromatic heterocycles. The Labute approximate surface area is 211 Å². The van der Waals surface area contributed by atoms with Gasteiger partial charge in [-0.25, -0.2) is 8.42 Å². The number of sulfonamides is 1. The average molecular weight is 510 g/mol. The Morgan fingerprint density at radius 1 is 1.11 bits per heavy atom. The van der Waals surface area contributed by atoms with Gasteiger partial charge in [-0.15, -0.1) is 0 Å². The predicted molar refractivity (Wildman–Crippen MR) is 135 cm³/mol. The van der Waals surface area contributed by atoms with E-state index in [1.165, 1.54) is 34.0 Å². The van der Waals surface area contributed by atoms with E-state index in [0.717, 1.165) is 19.5 Å². The first-order chi connectivity index (χ1) is 17.4. The van der Waals surface area contributed by atoms with Crippen LogP contribution in [0.15, 0.2) is 75.2 Å². The van der Waals surface area contributed by atoms with E-state index in [4.69, 9.17) is 9.15 Å². The summed E-state index contributed by atoms with van der Waals surface area (Å²) in [6.07, 6.45) is 6.40. The molecule has 1 aromatic carbocycles. The first-order valence-electron chi connectivity index (χ1n) is 12.4. The number of hydrogen-bond donors (Lipinski definition) is 0. The van der Waals surface area contributed by atoms with E-state index in [0.29, 0.717) is 38.2 Å². The zero-order valence-electron chi connectivity index (χ0n) is 20.4. The molecule has 1 fully saturated rings. The summed E-state index contributed by atoms with van der Waals surface area (Å²) in [5.74, 6) is 0.951. The van der Waals surface area contributed by atoms with Crippen LogP contribution in [0.3, 0.4) is 0 Å². The van der Waals surface area contributed by atoms with Crippen molar-refractivity contribution in [3.8, 4) is 5.75 Å². The van der Waals surface area contributed by atoms with Crippen LogP contribution in [-0.4, -0.2) is 48.3 Å². The second-order valence-electron chi connectivity index (χ2n) is 9.56. The molecule has 0 saturated carbocycles. The van der Waals surface area contributed by atoms with Gasteiger partial charge in [-0.3, -0.25) is 14.7 Å². The minimum Gasteiger partial charge on any atom is -0.483 e. The highest BCUT2D eigenvalue weighted by molar-refractivity contribution is 7.89. The number of benzene rings is 1. The number of aromatic nitrogens is 1. The molecule has 0 N–H and O–H groups in total. The fourth-order valence-electron chi connectivity index (χ4n) is 5.05. The predicted octanol–water partition coefficient (Wildman–Crippen LogP) is 3.46. The van der Waals surface area contributed by atoms with E-state index in [1.54, 1.807) is 18.3 Å². The van der Waals surface area contributed by atoms with Gasteiger partial charge in [0.2, 0.25) is 21.2 Å². The van der Waals surface area contributed by atoms with Crippen LogP contribution in [0.2, 0.25) is 0 Å². The molecule has 2 aliphatic heterocycles. The summed E-state index contributed by atoms with van der Waals surface area (Å²) in [4.78, 5) is 19.1. The van der Waals surface area contributed by atoms with Crippen molar-refractivity contribution in [2.75, 3.05) is 19.6 Å². The highest BCUT2D eigenvalue weighted by atomic mass is 32.2. The van der Waals surface area contributed by atoms with Crippen molar-refractivity contribution in [1.29, 1.82) is 0 Å². The van der Waals surface area contributed by atoms with Crippen LogP contribution in [0.5, 0.6) is 5.75 Å². The number of fused-ring (bicyclic) bond motifs is 1. The topological polar surface area (TPSA) is 93.0 Å². The third-order valence-corrected chi connectivity index (χ3v) is 9.07. The molecular weight excluding hydrogens is 478 g/mol. The molecule has 1 unspecified atom stereocenters. The molecule has 190 valence electrons. The van der Waals surface area contributed by atoms with Gasteiger partial charge >= 0.3 is 0 Å².